The predicted octanol–water partition coefficient (Wildman–Crippen LogP) is 1.74. The van der Waals surface area contributed by atoms with Gasteiger partial charge in [-0.15, -0.1) is 10.2 Å². The minimum absolute atomic E-state index is 0.0630. The maximum absolute atomic E-state index is 12.3. The summed E-state index contributed by atoms with van der Waals surface area (Å²) < 4.78 is 2.15. The standard InChI is InChI=1S/C17H29N5O2/c23-12-13-7-3-1-4-8-14(13)19-17(24)18-11-16-21-20-15-9-5-2-6-10-22(15)16/h13-14,23H,1-12H2,(H2,18,19,24). The lowest BCUT2D eigenvalue weighted by molar-refractivity contribution is 0.179. The Bertz CT molecular complexity index is 545. The van der Waals surface area contributed by atoms with Crippen LogP contribution in [0.5, 0.6) is 0 Å². The van der Waals surface area contributed by atoms with E-state index in [-0.39, 0.29) is 24.6 Å². The molecule has 1 fully saturated rings. The van der Waals surface area contributed by atoms with Crippen LogP contribution in [-0.2, 0) is 19.5 Å². The van der Waals surface area contributed by atoms with Gasteiger partial charge in [-0.1, -0.05) is 25.7 Å². The Hall–Kier alpha value is -1.63. The van der Waals surface area contributed by atoms with Crippen LogP contribution >= 0.6 is 0 Å². The van der Waals surface area contributed by atoms with Crippen molar-refractivity contribution in [2.45, 2.75) is 76.9 Å². The minimum Gasteiger partial charge on any atom is -0.396 e. The van der Waals surface area contributed by atoms with Crippen LogP contribution in [0.4, 0.5) is 4.79 Å². The number of nitrogens with one attached hydrogen (secondary N) is 2. The first-order valence-corrected chi connectivity index (χ1v) is 9.34. The molecule has 0 bridgehead atoms. The van der Waals surface area contributed by atoms with Crippen molar-refractivity contribution in [1.29, 1.82) is 0 Å². The van der Waals surface area contributed by atoms with E-state index in [2.05, 4.69) is 25.4 Å². The Morgan fingerprint density at radius 1 is 1.12 bits per heavy atom. The van der Waals surface area contributed by atoms with E-state index in [0.29, 0.717) is 6.54 Å². The zero-order chi connectivity index (χ0) is 16.8. The summed E-state index contributed by atoms with van der Waals surface area (Å²) in [6.45, 7) is 1.48. The van der Waals surface area contributed by atoms with Crippen LogP contribution in [0.2, 0.25) is 0 Å². The first-order chi connectivity index (χ1) is 11.8. The van der Waals surface area contributed by atoms with Crippen molar-refractivity contribution in [2.75, 3.05) is 6.61 Å². The molecule has 7 heteroatoms. The van der Waals surface area contributed by atoms with Gasteiger partial charge in [0.15, 0.2) is 5.82 Å². The summed E-state index contributed by atoms with van der Waals surface area (Å²) in [7, 11) is 0. The first kappa shape index (κ1) is 17.2. The highest BCUT2D eigenvalue weighted by molar-refractivity contribution is 5.74. The van der Waals surface area contributed by atoms with Gasteiger partial charge < -0.3 is 20.3 Å². The second-order valence-electron chi connectivity index (χ2n) is 7.01. The number of rotatable bonds is 4. The third-order valence-electron chi connectivity index (χ3n) is 5.30. The SMILES string of the molecule is O=C(NCc1nnc2n1CCCCC2)NC1CCCCCC1CO. The normalized spacial score (nSPS) is 24.5. The Morgan fingerprint density at radius 2 is 1.96 bits per heavy atom. The molecular weight excluding hydrogens is 306 g/mol. The van der Waals surface area contributed by atoms with Gasteiger partial charge in [0, 0.05) is 31.5 Å². The number of nitrogens with zero attached hydrogens (tertiary/aromatic N) is 3. The quantitative estimate of drug-likeness (QED) is 0.731. The summed E-state index contributed by atoms with van der Waals surface area (Å²) in [4.78, 5) is 12.3. The molecule has 134 valence electrons. The van der Waals surface area contributed by atoms with Crippen molar-refractivity contribution < 1.29 is 9.90 Å². The van der Waals surface area contributed by atoms with Crippen LogP contribution in [0.15, 0.2) is 0 Å². The van der Waals surface area contributed by atoms with E-state index in [1.165, 1.54) is 12.8 Å². The Balaban J connectivity index is 1.53. The van der Waals surface area contributed by atoms with Gasteiger partial charge in [-0.2, -0.15) is 0 Å². The lowest BCUT2D eigenvalue weighted by atomic mass is 9.96. The molecule has 0 saturated heterocycles. The van der Waals surface area contributed by atoms with E-state index in [4.69, 9.17) is 0 Å². The summed E-state index contributed by atoms with van der Waals surface area (Å²) in [6, 6.07) is -0.112. The number of urea groups is 1. The Labute approximate surface area is 143 Å². The highest BCUT2D eigenvalue weighted by Crippen LogP contribution is 2.23. The number of aromatic nitrogens is 3. The van der Waals surface area contributed by atoms with Gasteiger partial charge in [0.05, 0.1) is 6.54 Å². The highest BCUT2D eigenvalue weighted by atomic mass is 16.3. The van der Waals surface area contributed by atoms with Crippen molar-refractivity contribution in [3.05, 3.63) is 11.6 Å². The molecule has 24 heavy (non-hydrogen) atoms. The van der Waals surface area contributed by atoms with Crippen LogP contribution in [0.3, 0.4) is 0 Å². The van der Waals surface area contributed by atoms with Crippen LogP contribution in [0.25, 0.3) is 0 Å². The van der Waals surface area contributed by atoms with Gasteiger partial charge in [-0.05, 0) is 25.7 Å². The van der Waals surface area contributed by atoms with Crippen LogP contribution < -0.4 is 10.6 Å². The first-order valence-electron chi connectivity index (χ1n) is 9.34. The number of hydrogen-bond acceptors (Lipinski definition) is 4. The maximum Gasteiger partial charge on any atom is 0.315 e. The zero-order valence-corrected chi connectivity index (χ0v) is 14.3. The fraction of sp³-hybridized carbons (Fsp3) is 0.824. The van der Waals surface area contributed by atoms with Crippen LogP contribution in [0, 0.1) is 5.92 Å². The monoisotopic (exact) mass is 335 g/mol. The molecule has 1 aromatic rings. The molecule has 2 heterocycles. The van der Waals surface area contributed by atoms with Crippen molar-refractivity contribution in [2.24, 2.45) is 5.92 Å². The third kappa shape index (κ3) is 4.26. The summed E-state index contributed by atoms with van der Waals surface area (Å²) in [5.41, 5.74) is 0. The summed E-state index contributed by atoms with van der Waals surface area (Å²) in [5.74, 6) is 2.04. The summed E-state index contributed by atoms with van der Waals surface area (Å²) in [5, 5.41) is 24.0. The predicted molar refractivity (Wildman–Crippen MR) is 90.4 cm³/mol. The molecule has 0 aromatic carbocycles. The molecular formula is C17H29N5O2. The molecule has 7 nitrogen and oxygen atoms in total. The molecule has 3 N–H and O–H groups in total. The number of hydrogen-bond donors (Lipinski definition) is 3. The van der Waals surface area contributed by atoms with E-state index < -0.39 is 0 Å². The van der Waals surface area contributed by atoms with Crippen molar-refractivity contribution in [1.82, 2.24) is 25.4 Å². The topological polar surface area (TPSA) is 92.1 Å². The average molecular weight is 335 g/mol. The fourth-order valence-electron chi connectivity index (χ4n) is 3.85. The van der Waals surface area contributed by atoms with E-state index >= 15 is 0 Å². The summed E-state index contributed by atoms with van der Waals surface area (Å²) in [6.07, 6.45) is 9.86. The lowest BCUT2D eigenvalue weighted by Crippen LogP contribution is -2.46. The minimum atomic E-state index is -0.175. The van der Waals surface area contributed by atoms with E-state index in [0.717, 1.165) is 63.1 Å². The van der Waals surface area contributed by atoms with E-state index in [1.54, 1.807) is 0 Å². The third-order valence-corrected chi connectivity index (χ3v) is 5.30. The van der Waals surface area contributed by atoms with Gasteiger partial charge in [-0.3, -0.25) is 0 Å². The lowest BCUT2D eigenvalue weighted by Gasteiger charge is -2.24. The van der Waals surface area contributed by atoms with Crippen molar-refractivity contribution >= 4 is 6.03 Å². The Morgan fingerprint density at radius 3 is 2.83 bits per heavy atom. The molecule has 1 aliphatic carbocycles. The molecule has 2 amide bonds. The van der Waals surface area contributed by atoms with Crippen molar-refractivity contribution in [3.8, 4) is 0 Å². The van der Waals surface area contributed by atoms with Gasteiger partial charge >= 0.3 is 6.03 Å². The van der Waals surface area contributed by atoms with Crippen LogP contribution in [-0.4, -0.2) is 38.6 Å². The number of carbonyl (C=O) groups is 1. The van der Waals surface area contributed by atoms with Crippen LogP contribution in [0.1, 0.15) is 63.0 Å². The second-order valence-corrected chi connectivity index (χ2v) is 7.01. The van der Waals surface area contributed by atoms with Gasteiger partial charge in [-0.25, -0.2) is 4.79 Å². The fourth-order valence-corrected chi connectivity index (χ4v) is 3.85. The molecule has 1 aromatic heterocycles. The molecule has 0 spiro atoms. The summed E-state index contributed by atoms with van der Waals surface area (Å²) >= 11 is 0. The molecule has 2 atom stereocenters. The van der Waals surface area contributed by atoms with E-state index in [9.17, 15) is 9.90 Å². The molecule has 3 rings (SSSR count). The second kappa shape index (κ2) is 8.46. The smallest absolute Gasteiger partial charge is 0.315 e. The number of aryl methyl sites for hydroxylation is 1. The number of fused-ring (bicyclic) bond motifs is 1. The van der Waals surface area contributed by atoms with E-state index in [1.807, 2.05) is 0 Å². The highest BCUT2D eigenvalue weighted by Gasteiger charge is 2.24. The van der Waals surface area contributed by atoms with Crippen molar-refractivity contribution in [3.63, 3.8) is 0 Å². The van der Waals surface area contributed by atoms with Gasteiger partial charge in [0.25, 0.3) is 0 Å². The molecule has 1 saturated carbocycles. The largest absolute Gasteiger partial charge is 0.396 e. The molecule has 1 aliphatic heterocycles. The number of aliphatic hydroxyl groups excluding tert-OH is 1. The maximum atomic E-state index is 12.3. The molecule has 2 aliphatic rings. The number of amides is 2. The molecule has 2 unspecified atom stereocenters. The Kier molecular flexibility index (Phi) is 6.07. The number of aliphatic hydroxyl groups is 1. The average Bonchev–Trinajstić information content (AvgIpc) is 2.76. The zero-order valence-electron chi connectivity index (χ0n) is 14.3. The number of carbonyl (C=O) groups excluding carboxylic acids is 1. The van der Waals surface area contributed by atoms with Gasteiger partial charge in [0.2, 0.25) is 0 Å². The van der Waals surface area contributed by atoms with Gasteiger partial charge in [0.1, 0.15) is 5.82 Å². The molecule has 0 radical (unpaired) electrons.